The first-order valence-electron chi connectivity index (χ1n) is 6.30. The van der Waals surface area contributed by atoms with Crippen LogP contribution in [0, 0.1) is 6.92 Å². The summed E-state index contributed by atoms with van der Waals surface area (Å²) >= 11 is 0. The molecule has 6 heteroatoms. The Kier molecular flexibility index (Phi) is 3.48. The lowest BCUT2D eigenvalue weighted by Crippen LogP contribution is -2.52. The molecule has 0 fully saturated rings. The summed E-state index contributed by atoms with van der Waals surface area (Å²) < 4.78 is 1.56. The smallest absolute Gasteiger partial charge is 0.427 e. The second-order valence-corrected chi connectivity index (χ2v) is 5.52. The quantitative estimate of drug-likeness (QED) is 0.914. The summed E-state index contributed by atoms with van der Waals surface area (Å²) in [5, 5.41) is 10.7. The van der Waals surface area contributed by atoms with Crippen molar-refractivity contribution in [3.63, 3.8) is 0 Å². The van der Waals surface area contributed by atoms with Gasteiger partial charge in [-0.2, -0.15) is 0 Å². The number of hydrogen-bond acceptors (Lipinski definition) is 3. The molecule has 0 radical (unpaired) electrons. The predicted molar refractivity (Wildman–Crippen MR) is 76.2 cm³/mol. The lowest BCUT2D eigenvalue weighted by molar-refractivity contribution is 0.184. The molecule has 0 unspecified atom stereocenters. The zero-order valence-electron chi connectivity index (χ0n) is 12.0. The van der Waals surface area contributed by atoms with Gasteiger partial charge in [0.1, 0.15) is 5.82 Å². The third-order valence-corrected chi connectivity index (χ3v) is 2.85. The fourth-order valence-corrected chi connectivity index (χ4v) is 2.02. The van der Waals surface area contributed by atoms with Gasteiger partial charge in [0.15, 0.2) is 0 Å². The molecular formula is C14H18N4O2. The highest BCUT2D eigenvalue weighted by atomic mass is 16.4. The van der Waals surface area contributed by atoms with Crippen LogP contribution in [-0.4, -0.2) is 31.4 Å². The van der Waals surface area contributed by atoms with Crippen LogP contribution in [0.25, 0.3) is 11.3 Å². The van der Waals surface area contributed by atoms with Gasteiger partial charge < -0.3 is 5.11 Å². The number of hydrogen-bond donors (Lipinski definition) is 1. The second kappa shape index (κ2) is 4.96. The van der Waals surface area contributed by atoms with E-state index in [-0.39, 0.29) is 0 Å². The number of rotatable bonds is 2. The van der Waals surface area contributed by atoms with Crippen LogP contribution >= 0.6 is 0 Å². The van der Waals surface area contributed by atoms with Gasteiger partial charge in [0.2, 0.25) is 0 Å². The summed E-state index contributed by atoms with van der Waals surface area (Å²) in [7, 11) is 0. The van der Waals surface area contributed by atoms with Crippen molar-refractivity contribution >= 4 is 6.09 Å². The predicted octanol–water partition coefficient (Wildman–Crippen LogP) is 2.67. The summed E-state index contributed by atoms with van der Waals surface area (Å²) in [6.45, 7) is 7.29. The van der Waals surface area contributed by atoms with Gasteiger partial charge in [-0.1, -0.05) is 0 Å². The average molecular weight is 274 g/mol. The average Bonchev–Trinajstić information content (AvgIpc) is 2.70. The number of carboxylic acid groups (broad SMARTS) is 1. The Morgan fingerprint density at radius 1 is 1.40 bits per heavy atom. The van der Waals surface area contributed by atoms with E-state index >= 15 is 0 Å². The first-order chi connectivity index (χ1) is 9.30. The molecule has 0 spiro atoms. The van der Waals surface area contributed by atoms with Crippen LogP contribution in [0.3, 0.4) is 0 Å². The molecule has 20 heavy (non-hydrogen) atoms. The van der Waals surface area contributed by atoms with E-state index in [0.717, 1.165) is 5.56 Å². The van der Waals surface area contributed by atoms with E-state index in [2.05, 4.69) is 9.97 Å². The van der Waals surface area contributed by atoms with Crippen LogP contribution < -0.4 is 5.01 Å². The second-order valence-electron chi connectivity index (χ2n) is 5.52. The first-order valence-corrected chi connectivity index (χ1v) is 6.30. The third kappa shape index (κ3) is 2.64. The maximum Gasteiger partial charge on any atom is 0.427 e. The molecule has 1 N–H and O–H groups in total. The highest BCUT2D eigenvalue weighted by Gasteiger charge is 2.29. The van der Waals surface area contributed by atoms with E-state index in [1.165, 1.54) is 5.01 Å². The molecule has 0 bridgehead atoms. The minimum atomic E-state index is -1.02. The number of imidazole rings is 1. The summed E-state index contributed by atoms with van der Waals surface area (Å²) in [4.78, 5) is 20.0. The monoisotopic (exact) mass is 274 g/mol. The Bertz CT molecular complexity index is 614. The van der Waals surface area contributed by atoms with E-state index in [1.54, 1.807) is 30.2 Å². The van der Waals surface area contributed by atoms with Crippen LogP contribution in [-0.2, 0) is 0 Å². The van der Waals surface area contributed by atoms with Crippen LogP contribution in [0.1, 0.15) is 26.6 Å². The van der Waals surface area contributed by atoms with Crippen LogP contribution in [0.5, 0.6) is 0 Å². The Labute approximate surface area is 117 Å². The Balaban J connectivity index is 2.49. The van der Waals surface area contributed by atoms with Gasteiger partial charge in [0.05, 0.1) is 17.4 Å². The molecule has 106 valence electrons. The van der Waals surface area contributed by atoms with E-state index in [1.807, 2.05) is 32.9 Å². The number of aryl methyl sites for hydroxylation is 1. The van der Waals surface area contributed by atoms with Gasteiger partial charge in [-0.05, 0) is 39.8 Å². The van der Waals surface area contributed by atoms with Crippen molar-refractivity contribution in [2.24, 2.45) is 0 Å². The van der Waals surface area contributed by atoms with Crippen molar-refractivity contribution in [3.8, 4) is 11.3 Å². The molecule has 0 aliphatic heterocycles. The van der Waals surface area contributed by atoms with Gasteiger partial charge in [0.25, 0.3) is 0 Å². The normalized spacial score (nSPS) is 11.4. The fraction of sp³-hybridized carbons (Fsp3) is 0.357. The van der Waals surface area contributed by atoms with Crippen molar-refractivity contribution in [1.29, 1.82) is 0 Å². The lowest BCUT2D eigenvalue weighted by Gasteiger charge is -2.33. The van der Waals surface area contributed by atoms with Crippen molar-refractivity contribution in [2.45, 2.75) is 33.2 Å². The van der Waals surface area contributed by atoms with Gasteiger partial charge in [-0.3, -0.25) is 4.98 Å². The molecule has 2 heterocycles. The van der Waals surface area contributed by atoms with Gasteiger partial charge in [0, 0.05) is 18.0 Å². The van der Waals surface area contributed by atoms with E-state index in [4.69, 9.17) is 0 Å². The van der Waals surface area contributed by atoms with Crippen molar-refractivity contribution in [2.75, 3.05) is 5.01 Å². The summed E-state index contributed by atoms with van der Waals surface area (Å²) in [5.41, 5.74) is 0.989. The number of aromatic nitrogens is 3. The van der Waals surface area contributed by atoms with E-state index in [9.17, 15) is 9.90 Å². The fourth-order valence-electron chi connectivity index (χ4n) is 2.02. The van der Waals surface area contributed by atoms with Crippen LogP contribution in [0.15, 0.2) is 30.7 Å². The topological polar surface area (TPSA) is 71.2 Å². The lowest BCUT2D eigenvalue weighted by atomic mass is 10.1. The van der Waals surface area contributed by atoms with Gasteiger partial charge in [-0.25, -0.2) is 19.5 Å². The zero-order chi connectivity index (χ0) is 14.9. The maximum absolute atomic E-state index is 11.5. The Hall–Kier alpha value is -2.37. The van der Waals surface area contributed by atoms with Gasteiger partial charge >= 0.3 is 6.09 Å². The Morgan fingerprint density at radius 2 is 2.10 bits per heavy atom. The molecule has 0 atom stereocenters. The molecule has 2 rings (SSSR count). The molecule has 0 aromatic carbocycles. The molecule has 0 saturated carbocycles. The number of amides is 1. The minimum absolute atomic E-state index is 0.566. The van der Waals surface area contributed by atoms with Crippen LogP contribution in [0.4, 0.5) is 4.79 Å². The molecule has 6 nitrogen and oxygen atoms in total. The minimum Gasteiger partial charge on any atom is -0.464 e. The van der Waals surface area contributed by atoms with Crippen LogP contribution in [0.2, 0.25) is 0 Å². The SMILES string of the molecule is Cc1nc(-c2cccnc2)cn1N(C(=O)O)C(C)(C)C. The molecule has 0 saturated heterocycles. The highest BCUT2D eigenvalue weighted by Crippen LogP contribution is 2.20. The third-order valence-electron chi connectivity index (χ3n) is 2.85. The first kappa shape index (κ1) is 14.0. The number of nitrogens with zero attached hydrogens (tertiary/aromatic N) is 4. The van der Waals surface area contributed by atoms with Crippen molar-refractivity contribution in [1.82, 2.24) is 14.6 Å². The van der Waals surface area contributed by atoms with Crippen molar-refractivity contribution < 1.29 is 9.90 Å². The Morgan fingerprint density at radius 3 is 2.60 bits per heavy atom. The maximum atomic E-state index is 11.5. The largest absolute Gasteiger partial charge is 0.464 e. The number of carbonyl (C=O) groups is 1. The molecule has 1 amide bonds. The summed E-state index contributed by atoms with van der Waals surface area (Å²) in [6.07, 6.45) is 4.09. The van der Waals surface area contributed by atoms with Crippen molar-refractivity contribution in [3.05, 3.63) is 36.5 Å². The summed E-state index contributed by atoms with van der Waals surface area (Å²) in [5.74, 6) is 0.612. The zero-order valence-corrected chi connectivity index (χ0v) is 12.0. The highest BCUT2D eigenvalue weighted by molar-refractivity contribution is 5.78. The summed E-state index contributed by atoms with van der Waals surface area (Å²) in [6, 6.07) is 3.71. The van der Waals surface area contributed by atoms with E-state index < -0.39 is 11.6 Å². The molecular weight excluding hydrogens is 256 g/mol. The van der Waals surface area contributed by atoms with E-state index in [0.29, 0.717) is 11.5 Å². The standard InChI is InChI=1S/C14H18N4O2/c1-10-16-12(11-6-5-7-15-8-11)9-17(10)18(13(19)20)14(2,3)4/h5-9H,1-4H3,(H,19,20). The number of pyridine rings is 1. The molecule has 0 aliphatic carbocycles. The molecule has 2 aromatic rings. The molecule has 0 aliphatic rings. The molecule has 2 aromatic heterocycles. The van der Waals surface area contributed by atoms with Gasteiger partial charge in [-0.15, -0.1) is 0 Å².